The first-order valence-corrected chi connectivity index (χ1v) is 8.98. The van der Waals surface area contributed by atoms with Crippen molar-refractivity contribution in [3.63, 3.8) is 0 Å². The highest BCUT2D eigenvalue weighted by molar-refractivity contribution is 5.84. The van der Waals surface area contributed by atoms with E-state index in [-0.39, 0.29) is 12.5 Å². The van der Waals surface area contributed by atoms with Gasteiger partial charge < -0.3 is 19.9 Å². The molecule has 0 radical (unpaired) electrons. The van der Waals surface area contributed by atoms with Gasteiger partial charge in [-0.15, -0.1) is 0 Å². The minimum absolute atomic E-state index is 0.0541. The molecule has 7 heteroatoms. The average molecular weight is 352 g/mol. The van der Waals surface area contributed by atoms with Gasteiger partial charge >= 0.3 is 5.97 Å². The van der Waals surface area contributed by atoms with Crippen molar-refractivity contribution in [2.45, 2.75) is 72.4 Å². The Labute approximate surface area is 150 Å². The summed E-state index contributed by atoms with van der Waals surface area (Å²) in [6.45, 7) is 12.9. The van der Waals surface area contributed by atoms with Crippen molar-refractivity contribution < 1.29 is 14.1 Å². The Morgan fingerprint density at radius 1 is 1.28 bits per heavy atom. The molecule has 0 saturated heterocycles. The summed E-state index contributed by atoms with van der Waals surface area (Å²) in [7, 11) is 0. The predicted octanol–water partition coefficient (Wildman–Crippen LogP) is 2.98. The lowest BCUT2D eigenvalue weighted by Gasteiger charge is -2.20. The number of esters is 1. The summed E-state index contributed by atoms with van der Waals surface area (Å²) in [5.74, 6) is 1.33. The van der Waals surface area contributed by atoms with Crippen molar-refractivity contribution in [1.29, 1.82) is 0 Å². The normalized spacial score (nSPS) is 12.4. The lowest BCUT2D eigenvalue weighted by Crippen LogP contribution is -2.41. The van der Waals surface area contributed by atoms with Crippen LogP contribution in [0.15, 0.2) is 15.6 Å². The molecule has 0 bridgehead atoms. The SMILES string of the molecule is CCNC(=NCc1cc(C(CC)CC)no1)NCC(=O)OC(C)(C)C. The topological polar surface area (TPSA) is 88.8 Å². The molecule has 0 amide bonds. The Hall–Kier alpha value is -2.05. The molecule has 1 aromatic rings. The second-order valence-electron chi connectivity index (χ2n) is 6.87. The molecule has 1 rings (SSSR count). The summed E-state index contributed by atoms with van der Waals surface area (Å²) in [5, 5.41) is 10.2. The third kappa shape index (κ3) is 8.05. The van der Waals surface area contributed by atoms with Gasteiger partial charge in [-0.3, -0.25) is 4.79 Å². The van der Waals surface area contributed by atoms with Crippen LogP contribution in [-0.2, 0) is 16.1 Å². The fraction of sp³-hybridized carbons (Fsp3) is 0.722. The van der Waals surface area contributed by atoms with Gasteiger partial charge in [0.05, 0.1) is 5.69 Å². The van der Waals surface area contributed by atoms with Crippen LogP contribution in [0.2, 0.25) is 0 Å². The second-order valence-corrected chi connectivity index (χ2v) is 6.87. The molecule has 1 aromatic heterocycles. The third-order valence-electron chi connectivity index (χ3n) is 3.54. The standard InChI is InChI=1S/C18H32N4O3/c1-7-13(8-2)15-10-14(25-22-15)11-20-17(19-9-3)21-12-16(23)24-18(4,5)6/h10,13H,7-9,11-12H2,1-6H3,(H2,19,20,21). The van der Waals surface area contributed by atoms with Gasteiger partial charge in [-0.05, 0) is 40.5 Å². The Kier molecular flexibility index (Phi) is 8.45. The maximum atomic E-state index is 11.8. The number of aromatic nitrogens is 1. The van der Waals surface area contributed by atoms with Crippen LogP contribution in [0.3, 0.4) is 0 Å². The van der Waals surface area contributed by atoms with Crippen LogP contribution in [-0.4, -0.2) is 35.8 Å². The number of aliphatic imine (C=N–C) groups is 1. The molecule has 7 nitrogen and oxygen atoms in total. The number of rotatable bonds is 8. The van der Waals surface area contributed by atoms with Crippen molar-refractivity contribution in [2.75, 3.05) is 13.1 Å². The molecular formula is C18H32N4O3. The Morgan fingerprint density at radius 2 is 1.96 bits per heavy atom. The predicted molar refractivity (Wildman–Crippen MR) is 98.5 cm³/mol. The van der Waals surface area contributed by atoms with Gasteiger partial charge in [0.25, 0.3) is 0 Å². The zero-order valence-corrected chi connectivity index (χ0v) is 16.3. The van der Waals surface area contributed by atoms with Gasteiger partial charge in [0.2, 0.25) is 0 Å². The Morgan fingerprint density at radius 3 is 2.52 bits per heavy atom. The Bertz CT molecular complexity index is 557. The first-order valence-electron chi connectivity index (χ1n) is 8.98. The zero-order valence-electron chi connectivity index (χ0n) is 16.3. The lowest BCUT2D eigenvalue weighted by atomic mass is 9.99. The number of nitrogens with zero attached hydrogens (tertiary/aromatic N) is 2. The van der Waals surface area contributed by atoms with Crippen LogP contribution in [0.5, 0.6) is 0 Å². The summed E-state index contributed by atoms with van der Waals surface area (Å²) in [5.41, 5.74) is 0.474. The van der Waals surface area contributed by atoms with E-state index < -0.39 is 5.60 Å². The van der Waals surface area contributed by atoms with Gasteiger partial charge in [-0.2, -0.15) is 0 Å². The molecule has 0 fully saturated rings. The maximum absolute atomic E-state index is 11.8. The van der Waals surface area contributed by atoms with E-state index in [0.29, 0.717) is 30.7 Å². The molecule has 2 N–H and O–H groups in total. The minimum atomic E-state index is -0.500. The second kappa shape index (κ2) is 10.1. The van der Waals surface area contributed by atoms with E-state index in [4.69, 9.17) is 9.26 Å². The third-order valence-corrected chi connectivity index (χ3v) is 3.54. The van der Waals surface area contributed by atoms with Crippen LogP contribution < -0.4 is 10.6 Å². The molecule has 0 aliphatic carbocycles. The quantitative estimate of drug-likeness (QED) is 0.425. The number of carbonyl (C=O) groups is 1. The average Bonchev–Trinajstić information content (AvgIpc) is 2.98. The first kappa shape index (κ1) is 21.0. The largest absolute Gasteiger partial charge is 0.459 e. The molecule has 142 valence electrons. The number of guanidine groups is 1. The van der Waals surface area contributed by atoms with Gasteiger partial charge in [-0.1, -0.05) is 19.0 Å². The van der Waals surface area contributed by atoms with Gasteiger partial charge in [0, 0.05) is 18.5 Å². The van der Waals surface area contributed by atoms with E-state index in [2.05, 4.69) is 34.6 Å². The molecular weight excluding hydrogens is 320 g/mol. The molecule has 0 aromatic carbocycles. The maximum Gasteiger partial charge on any atom is 0.325 e. The molecule has 25 heavy (non-hydrogen) atoms. The molecule has 0 atom stereocenters. The van der Waals surface area contributed by atoms with Gasteiger partial charge in [0.1, 0.15) is 18.7 Å². The summed E-state index contributed by atoms with van der Waals surface area (Å²) in [6, 6.07) is 1.96. The number of hydrogen-bond acceptors (Lipinski definition) is 5. The molecule has 0 saturated carbocycles. The highest BCUT2D eigenvalue weighted by Crippen LogP contribution is 2.22. The van der Waals surface area contributed by atoms with Crippen molar-refractivity contribution in [3.8, 4) is 0 Å². The van der Waals surface area contributed by atoms with Crippen molar-refractivity contribution in [1.82, 2.24) is 15.8 Å². The van der Waals surface area contributed by atoms with Crippen LogP contribution in [0.1, 0.15) is 71.8 Å². The highest BCUT2D eigenvalue weighted by Gasteiger charge is 2.16. The van der Waals surface area contributed by atoms with Crippen LogP contribution in [0, 0.1) is 0 Å². The smallest absolute Gasteiger partial charge is 0.325 e. The van der Waals surface area contributed by atoms with E-state index in [0.717, 1.165) is 18.5 Å². The number of ether oxygens (including phenoxy) is 1. The van der Waals surface area contributed by atoms with Crippen LogP contribution >= 0.6 is 0 Å². The molecule has 0 aliphatic rings. The van der Waals surface area contributed by atoms with E-state index in [9.17, 15) is 4.79 Å². The van der Waals surface area contributed by atoms with Crippen molar-refractivity contribution >= 4 is 11.9 Å². The number of hydrogen-bond donors (Lipinski definition) is 2. The lowest BCUT2D eigenvalue weighted by molar-refractivity contribution is -0.153. The molecule has 0 spiro atoms. The van der Waals surface area contributed by atoms with Crippen LogP contribution in [0.4, 0.5) is 0 Å². The van der Waals surface area contributed by atoms with Crippen molar-refractivity contribution in [3.05, 3.63) is 17.5 Å². The Balaban J connectivity index is 2.62. The van der Waals surface area contributed by atoms with E-state index in [1.54, 1.807) is 0 Å². The fourth-order valence-corrected chi connectivity index (χ4v) is 2.34. The van der Waals surface area contributed by atoms with Gasteiger partial charge in [-0.25, -0.2) is 4.99 Å². The summed E-state index contributed by atoms with van der Waals surface area (Å²) in [6.07, 6.45) is 2.07. The van der Waals surface area contributed by atoms with Crippen molar-refractivity contribution in [2.24, 2.45) is 4.99 Å². The van der Waals surface area contributed by atoms with E-state index in [1.165, 1.54) is 0 Å². The van der Waals surface area contributed by atoms with Crippen LogP contribution in [0.25, 0.3) is 0 Å². The molecule has 1 heterocycles. The van der Waals surface area contributed by atoms with E-state index in [1.807, 2.05) is 33.8 Å². The monoisotopic (exact) mass is 352 g/mol. The van der Waals surface area contributed by atoms with E-state index >= 15 is 0 Å². The first-order chi connectivity index (χ1) is 11.8. The van der Waals surface area contributed by atoms with Gasteiger partial charge in [0.15, 0.2) is 11.7 Å². The highest BCUT2D eigenvalue weighted by atomic mass is 16.6. The summed E-state index contributed by atoms with van der Waals surface area (Å²) < 4.78 is 10.6. The summed E-state index contributed by atoms with van der Waals surface area (Å²) >= 11 is 0. The molecule has 0 unspecified atom stereocenters. The fourth-order valence-electron chi connectivity index (χ4n) is 2.34. The zero-order chi connectivity index (χ0) is 18.9. The number of carbonyl (C=O) groups excluding carboxylic acids is 1. The summed E-state index contributed by atoms with van der Waals surface area (Å²) in [4.78, 5) is 16.2. The molecule has 0 aliphatic heterocycles. The number of nitrogens with one attached hydrogen (secondary N) is 2. The minimum Gasteiger partial charge on any atom is -0.459 e.